The summed E-state index contributed by atoms with van der Waals surface area (Å²) in [5.41, 5.74) is 1.96. The lowest BCUT2D eigenvalue weighted by molar-refractivity contribution is -0.141. The molecular formula is C28H32F2N2O5S. The normalized spacial score (nSPS) is 26.3. The predicted octanol–water partition coefficient (Wildman–Crippen LogP) is 4.39. The van der Waals surface area contributed by atoms with E-state index in [-0.39, 0.29) is 61.0 Å². The molecule has 1 amide bonds. The lowest BCUT2D eigenvalue weighted by atomic mass is 9.90. The van der Waals surface area contributed by atoms with Crippen LogP contribution in [0.3, 0.4) is 0 Å². The molecule has 0 N–H and O–H groups in total. The minimum absolute atomic E-state index is 0.114. The minimum atomic E-state index is -3.94. The third kappa shape index (κ3) is 4.66. The molecule has 0 aromatic heterocycles. The molecule has 2 aliphatic heterocycles. The van der Waals surface area contributed by atoms with Crippen LogP contribution in [0.25, 0.3) is 0 Å². The first-order valence-corrected chi connectivity index (χ1v) is 14.7. The van der Waals surface area contributed by atoms with Crippen molar-refractivity contribution in [3.63, 3.8) is 0 Å². The van der Waals surface area contributed by atoms with Crippen LogP contribution in [0.4, 0.5) is 8.78 Å². The summed E-state index contributed by atoms with van der Waals surface area (Å²) in [4.78, 5) is 16.0. The summed E-state index contributed by atoms with van der Waals surface area (Å²) in [7, 11) is -2.43. The van der Waals surface area contributed by atoms with E-state index >= 15 is 0 Å². The zero-order valence-corrected chi connectivity index (χ0v) is 22.1. The van der Waals surface area contributed by atoms with Gasteiger partial charge in [0.05, 0.1) is 18.6 Å². The van der Waals surface area contributed by atoms with Crippen LogP contribution in [-0.4, -0.2) is 61.3 Å². The fraction of sp³-hybridized carbons (Fsp3) is 0.536. The number of fused-ring (bicyclic) bond motifs is 2. The number of benzene rings is 2. The number of ether oxygens (including phenoxy) is 2. The van der Waals surface area contributed by atoms with Gasteiger partial charge in [-0.25, -0.2) is 17.2 Å². The van der Waals surface area contributed by atoms with Crippen LogP contribution in [0.5, 0.6) is 11.5 Å². The first-order chi connectivity index (χ1) is 18.2. The van der Waals surface area contributed by atoms with Crippen molar-refractivity contribution < 1.29 is 31.5 Å². The Morgan fingerprint density at radius 3 is 2.58 bits per heavy atom. The molecule has 7 nitrogen and oxygen atoms in total. The standard InChI is InChI=1S/C28H32F2N2O5S/c1-36-22-4-6-23(7-5-22)38(34,35)32-24-15-20(24)16-25(32)27(33)31(21-8-11-28(29,30)12-9-21)17-18-2-3-19-10-13-37-26(19)14-18/h2-7,14,20-21,24-25H,8-13,15-17H2,1H3/t20-,24-,25+/m1/s1. The van der Waals surface area contributed by atoms with Crippen LogP contribution >= 0.6 is 0 Å². The molecule has 2 aromatic carbocycles. The van der Waals surface area contributed by atoms with E-state index in [9.17, 15) is 22.0 Å². The number of carbonyl (C=O) groups excluding carboxylic acids is 1. The van der Waals surface area contributed by atoms with E-state index in [1.807, 2.05) is 18.2 Å². The molecule has 2 aromatic rings. The van der Waals surface area contributed by atoms with Crippen molar-refractivity contribution >= 4 is 15.9 Å². The van der Waals surface area contributed by atoms with E-state index in [0.29, 0.717) is 18.8 Å². The molecule has 2 heterocycles. The number of methoxy groups -OCH3 is 1. The number of hydrogen-bond acceptors (Lipinski definition) is 5. The Balaban J connectivity index is 1.30. The molecule has 0 unspecified atom stereocenters. The summed E-state index contributed by atoms with van der Waals surface area (Å²) in [6, 6.07) is 10.6. The van der Waals surface area contributed by atoms with Crippen LogP contribution < -0.4 is 9.47 Å². The molecule has 3 atom stereocenters. The van der Waals surface area contributed by atoms with Gasteiger partial charge < -0.3 is 14.4 Å². The van der Waals surface area contributed by atoms with Gasteiger partial charge in [-0.2, -0.15) is 4.31 Å². The molecule has 0 bridgehead atoms. The van der Waals surface area contributed by atoms with Gasteiger partial charge in [-0.3, -0.25) is 4.79 Å². The number of sulfonamides is 1. The van der Waals surface area contributed by atoms with Crippen molar-refractivity contribution in [2.75, 3.05) is 13.7 Å². The Kier molecular flexibility index (Phi) is 6.38. The van der Waals surface area contributed by atoms with Gasteiger partial charge in [0, 0.05) is 37.9 Å². The second kappa shape index (κ2) is 9.48. The monoisotopic (exact) mass is 546 g/mol. The molecule has 0 spiro atoms. The maximum Gasteiger partial charge on any atom is 0.248 e. The second-order valence-corrected chi connectivity index (χ2v) is 12.8. The first kappa shape index (κ1) is 25.6. The summed E-state index contributed by atoms with van der Waals surface area (Å²) in [6.45, 7) is 0.843. The van der Waals surface area contributed by atoms with Crippen LogP contribution in [0.2, 0.25) is 0 Å². The van der Waals surface area contributed by atoms with Crippen molar-refractivity contribution in [2.24, 2.45) is 5.92 Å². The van der Waals surface area contributed by atoms with Crippen LogP contribution in [0.1, 0.15) is 49.7 Å². The second-order valence-electron chi connectivity index (χ2n) is 10.9. The fourth-order valence-corrected chi connectivity index (χ4v) is 8.11. The smallest absolute Gasteiger partial charge is 0.248 e. The highest BCUT2D eigenvalue weighted by Gasteiger charge is 2.59. The molecule has 204 valence electrons. The van der Waals surface area contributed by atoms with Gasteiger partial charge in [0.25, 0.3) is 0 Å². The summed E-state index contributed by atoms with van der Waals surface area (Å²) in [5.74, 6) is -1.56. The average Bonchev–Trinajstić information content (AvgIpc) is 3.31. The summed E-state index contributed by atoms with van der Waals surface area (Å²) in [6.07, 6.45) is 1.83. The number of rotatable bonds is 7. The van der Waals surface area contributed by atoms with E-state index in [1.165, 1.54) is 23.5 Å². The molecule has 2 saturated carbocycles. The number of halogens is 2. The maximum absolute atomic E-state index is 14.2. The highest BCUT2D eigenvalue weighted by atomic mass is 32.2. The molecule has 2 aliphatic carbocycles. The van der Waals surface area contributed by atoms with Crippen LogP contribution in [-0.2, 0) is 27.8 Å². The molecule has 1 saturated heterocycles. The Hall–Kier alpha value is -2.72. The number of amides is 1. The zero-order chi connectivity index (χ0) is 26.7. The Labute approximate surface area is 221 Å². The lowest BCUT2D eigenvalue weighted by Gasteiger charge is -2.39. The van der Waals surface area contributed by atoms with Crippen LogP contribution in [0, 0.1) is 5.92 Å². The average molecular weight is 547 g/mol. The SMILES string of the molecule is COc1ccc(S(=O)(=O)N2[C@@H]3C[C@@H]3C[C@H]2C(=O)N(Cc2ccc3c(c2)OCC3)C2CCC(F)(F)CC2)cc1. The van der Waals surface area contributed by atoms with E-state index in [2.05, 4.69) is 0 Å². The maximum atomic E-state index is 14.2. The number of alkyl halides is 2. The van der Waals surface area contributed by atoms with Gasteiger partial charge in [-0.05, 0) is 73.1 Å². The Bertz CT molecular complexity index is 1320. The molecule has 6 rings (SSSR count). The number of carbonyl (C=O) groups is 1. The van der Waals surface area contributed by atoms with Crippen molar-refractivity contribution in [2.45, 2.75) is 80.4 Å². The molecule has 10 heteroatoms. The van der Waals surface area contributed by atoms with Gasteiger partial charge in [0.1, 0.15) is 17.5 Å². The highest BCUT2D eigenvalue weighted by molar-refractivity contribution is 7.89. The van der Waals surface area contributed by atoms with Crippen molar-refractivity contribution in [3.05, 3.63) is 53.6 Å². The van der Waals surface area contributed by atoms with Gasteiger partial charge in [-0.1, -0.05) is 12.1 Å². The van der Waals surface area contributed by atoms with Crippen molar-refractivity contribution in [1.29, 1.82) is 0 Å². The van der Waals surface area contributed by atoms with Gasteiger partial charge in [0.15, 0.2) is 0 Å². The van der Waals surface area contributed by atoms with E-state index in [4.69, 9.17) is 9.47 Å². The van der Waals surface area contributed by atoms with E-state index in [1.54, 1.807) is 17.0 Å². The molecular weight excluding hydrogens is 514 g/mol. The highest BCUT2D eigenvalue weighted by Crippen LogP contribution is 2.51. The molecule has 4 aliphatic rings. The quantitative estimate of drug-likeness (QED) is 0.515. The fourth-order valence-electron chi connectivity index (χ4n) is 6.26. The number of nitrogens with zero attached hydrogens (tertiary/aromatic N) is 2. The lowest BCUT2D eigenvalue weighted by Crippen LogP contribution is -2.53. The molecule has 3 fully saturated rings. The molecule has 38 heavy (non-hydrogen) atoms. The Morgan fingerprint density at radius 2 is 1.87 bits per heavy atom. The predicted molar refractivity (Wildman–Crippen MR) is 136 cm³/mol. The minimum Gasteiger partial charge on any atom is -0.497 e. The summed E-state index contributed by atoms with van der Waals surface area (Å²) >= 11 is 0. The van der Waals surface area contributed by atoms with Crippen molar-refractivity contribution in [3.8, 4) is 11.5 Å². The third-order valence-corrected chi connectivity index (χ3v) is 10.4. The van der Waals surface area contributed by atoms with E-state index in [0.717, 1.165) is 29.7 Å². The molecule has 0 radical (unpaired) electrons. The van der Waals surface area contributed by atoms with Crippen LogP contribution in [0.15, 0.2) is 47.4 Å². The van der Waals surface area contributed by atoms with Gasteiger partial charge in [-0.15, -0.1) is 0 Å². The van der Waals surface area contributed by atoms with E-state index < -0.39 is 22.0 Å². The third-order valence-electron chi connectivity index (χ3n) is 8.49. The summed E-state index contributed by atoms with van der Waals surface area (Å²) in [5, 5.41) is 0. The van der Waals surface area contributed by atoms with Gasteiger partial charge in [0.2, 0.25) is 21.9 Å². The number of hydrogen-bond donors (Lipinski definition) is 0. The number of piperidine rings is 1. The first-order valence-electron chi connectivity index (χ1n) is 13.3. The van der Waals surface area contributed by atoms with Crippen molar-refractivity contribution in [1.82, 2.24) is 9.21 Å². The van der Waals surface area contributed by atoms with Gasteiger partial charge >= 0.3 is 0 Å². The zero-order valence-electron chi connectivity index (χ0n) is 21.3. The Morgan fingerprint density at radius 1 is 1.13 bits per heavy atom. The topological polar surface area (TPSA) is 76.2 Å². The summed E-state index contributed by atoms with van der Waals surface area (Å²) < 4.78 is 67.8. The largest absolute Gasteiger partial charge is 0.497 e.